The van der Waals surface area contributed by atoms with Crippen LogP contribution in [0, 0.1) is 10.1 Å². The fraction of sp³-hybridized carbons (Fsp3) is 0.588. The monoisotopic (exact) mass is 399 g/mol. The van der Waals surface area contributed by atoms with E-state index in [-0.39, 0.29) is 22.7 Å². The predicted molar refractivity (Wildman–Crippen MR) is 102 cm³/mol. The maximum atomic E-state index is 13.1. The highest BCUT2D eigenvalue weighted by Crippen LogP contribution is 2.27. The smallest absolute Gasteiger partial charge is 0.288 e. The second-order valence-corrected chi connectivity index (χ2v) is 7.97. The van der Waals surface area contributed by atoms with E-state index in [9.17, 15) is 14.9 Å². The molecule has 0 radical (unpaired) electrons. The Kier molecular flexibility index (Phi) is 6.74. The van der Waals surface area contributed by atoms with Crippen LogP contribution in [0.2, 0.25) is 5.02 Å². The van der Waals surface area contributed by atoms with Gasteiger partial charge in [-0.05, 0) is 24.3 Å². The van der Waals surface area contributed by atoms with E-state index in [0.29, 0.717) is 12.1 Å². The Hall–Kier alpha value is -1.35. The molecule has 0 bridgehead atoms. The summed E-state index contributed by atoms with van der Waals surface area (Å²) in [5.41, 5.74) is 0.0893. The normalized spacial score (nSPS) is 22.0. The second kappa shape index (κ2) is 9.03. The molecule has 1 unspecified atom stereocenters. The van der Waals surface area contributed by atoms with E-state index < -0.39 is 4.92 Å². The van der Waals surface area contributed by atoms with Gasteiger partial charge in [0.25, 0.3) is 11.6 Å². The average Bonchev–Trinajstić information content (AvgIpc) is 2.87. The first-order valence-electron chi connectivity index (χ1n) is 8.69. The zero-order chi connectivity index (χ0) is 18.5. The number of halogens is 1. The Morgan fingerprint density at radius 1 is 1.35 bits per heavy atom. The summed E-state index contributed by atoms with van der Waals surface area (Å²) >= 11 is 7.73. The fourth-order valence-electron chi connectivity index (χ4n) is 3.28. The third-order valence-corrected chi connectivity index (χ3v) is 6.18. The van der Waals surface area contributed by atoms with Crippen LogP contribution < -0.4 is 0 Å². The number of nitro benzene ring substituents is 1. The Labute approximate surface area is 161 Å². The summed E-state index contributed by atoms with van der Waals surface area (Å²) in [6, 6.07) is 4.37. The third kappa shape index (κ3) is 4.68. The molecule has 2 fully saturated rings. The zero-order valence-electron chi connectivity index (χ0n) is 14.4. The van der Waals surface area contributed by atoms with Crippen molar-refractivity contribution in [3.63, 3.8) is 0 Å². The van der Waals surface area contributed by atoms with Gasteiger partial charge in [0.15, 0.2) is 0 Å². The first-order valence-corrected chi connectivity index (χ1v) is 10.2. The van der Waals surface area contributed by atoms with Crippen LogP contribution in [0.15, 0.2) is 18.2 Å². The highest BCUT2D eigenvalue weighted by Gasteiger charge is 2.29. The van der Waals surface area contributed by atoms with Crippen LogP contribution in [0.3, 0.4) is 0 Å². The molecule has 2 saturated heterocycles. The molecule has 2 aliphatic heterocycles. The van der Waals surface area contributed by atoms with E-state index in [0.717, 1.165) is 50.8 Å². The highest BCUT2D eigenvalue weighted by atomic mass is 35.5. The summed E-state index contributed by atoms with van der Waals surface area (Å²) in [5, 5.41) is 11.2. The van der Waals surface area contributed by atoms with Gasteiger partial charge in [-0.15, -0.1) is 0 Å². The standard InChI is InChI=1S/C17H22ClN3O4S/c18-15-3-2-13(10-16(15)21(23)24)17(22)20-4-1-9-26-12-14(20)11-19-5-7-25-8-6-19/h2-3,10,14H,1,4-9,11-12H2. The molecule has 1 amide bonds. The molecular weight excluding hydrogens is 378 g/mol. The highest BCUT2D eigenvalue weighted by molar-refractivity contribution is 7.99. The van der Waals surface area contributed by atoms with Crippen molar-refractivity contribution in [1.29, 1.82) is 0 Å². The Morgan fingerprint density at radius 3 is 2.85 bits per heavy atom. The van der Waals surface area contributed by atoms with Gasteiger partial charge in [0, 0.05) is 43.6 Å². The summed E-state index contributed by atoms with van der Waals surface area (Å²) in [6.07, 6.45) is 0.922. The van der Waals surface area contributed by atoms with E-state index >= 15 is 0 Å². The molecule has 9 heteroatoms. The van der Waals surface area contributed by atoms with Crippen molar-refractivity contribution in [3.05, 3.63) is 38.9 Å². The molecule has 0 aliphatic carbocycles. The van der Waals surface area contributed by atoms with Gasteiger partial charge in [-0.1, -0.05) is 11.6 Å². The lowest BCUT2D eigenvalue weighted by atomic mass is 10.1. The van der Waals surface area contributed by atoms with Gasteiger partial charge in [-0.2, -0.15) is 11.8 Å². The largest absolute Gasteiger partial charge is 0.379 e. The first kappa shape index (κ1) is 19.4. The van der Waals surface area contributed by atoms with E-state index in [2.05, 4.69) is 4.90 Å². The quantitative estimate of drug-likeness (QED) is 0.572. The lowest BCUT2D eigenvalue weighted by Crippen LogP contribution is -2.50. The molecule has 26 heavy (non-hydrogen) atoms. The second-order valence-electron chi connectivity index (χ2n) is 6.42. The average molecular weight is 400 g/mol. The van der Waals surface area contributed by atoms with Crippen LogP contribution in [-0.2, 0) is 4.74 Å². The summed E-state index contributed by atoms with van der Waals surface area (Å²) in [6.45, 7) is 4.65. The van der Waals surface area contributed by atoms with Gasteiger partial charge in [0.05, 0.1) is 24.2 Å². The number of carbonyl (C=O) groups is 1. The van der Waals surface area contributed by atoms with Crippen molar-refractivity contribution in [2.75, 3.05) is 50.9 Å². The number of hydrogen-bond donors (Lipinski definition) is 0. The summed E-state index contributed by atoms with van der Waals surface area (Å²) in [5.74, 6) is 1.73. The van der Waals surface area contributed by atoms with Crippen molar-refractivity contribution < 1.29 is 14.5 Å². The Morgan fingerprint density at radius 2 is 2.12 bits per heavy atom. The van der Waals surface area contributed by atoms with E-state index in [1.165, 1.54) is 12.1 Å². The maximum Gasteiger partial charge on any atom is 0.288 e. The number of carbonyl (C=O) groups excluding carboxylic acids is 1. The molecule has 7 nitrogen and oxygen atoms in total. The molecule has 2 heterocycles. The van der Waals surface area contributed by atoms with Gasteiger partial charge in [0.2, 0.25) is 0 Å². The Bertz CT molecular complexity index is 669. The molecular formula is C17H22ClN3O4S. The minimum absolute atomic E-state index is 0.0443. The first-order chi connectivity index (χ1) is 12.6. The predicted octanol–water partition coefficient (Wildman–Crippen LogP) is 2.53. The number of nitro groups is 1. The van der Waals surface area contributed by atoms with Crippen molar-refractivity contribution >= 4 is 35.0 Å². The van der Waals surface area contributed by atoms with Gasteiger partial charge in [0.1, 0.15) is 5.02 Å². The number of amides is 1. The molecule has 1 aromatic carbocycles. The van der Waals surface area contributed by atoms with Crippen molar-refractivity contribution in [3.8, 4) is 0 Å². The van der Waals surface area contributed by atoms with Gasteiger partial charge < -0.3 is 9.64 Å². The van der Waals surface area contributed by atoms with Crippen molar-refractivity contribution in [1.82, 2.24) is 9.80 Å². The molecule has 0 aromatic heterocycles. The molecule has 1 aromatic rings. The lowest BCUT2D eigenvalue weighted by molar-refractivity contribution is -0.384. The summed E-state index contributed by atoms with van der Waals surface area (Å²) < 4.78 is 5.40. The summed E-state index contributed by atoms with van der Waals surface area (Å²) in [7, 11) is 0. The number of rotatable bonds is 4. The number of hydrogen-bond acceptors (Lipinski definition) is 6. The van der Waals surface area contributed by atoms with Crippen LogP contribution in [0.1, 0.15) is 16.8 Å². The zero-order valence-corrected chi connectivity index (χ0v) is 16.0. The van der Waals surface area contributed by atoms with Gasteiger partial charge in [-0.25, -0.2) is 0 Å². The van der Waals surface area contributed by atoms with Gasteiger partial charge in [-0.3, -0.25) is 19.8 Å². The molecule has 3 rings (SSSR count). The minimum atomic E-state index is -0.553. The van der Waals surface area contributed by atoms with Crippen LogP contribution in [0.4, 0.5) is 5.69 Å². The molecule has 0 N–H and O–H groups in total. The Balaban J connectivity index is 1.79. The SMILES string of the molecule is O=C(c1ccc(Cl)c([N+](=O)[O-])c1)N1CCCSCC1CN1CCOCC1. The van der Waals surface area contributed by atoms with E-state index in [1.54, 1.807) is 6.07 Å². The third-order valence-electron chi connectivity index (χ3n) is 4.66. The summed E-state index contributed by atoms with van der Waals surface area (Å²) in [4.78, 5) is 27.9. The van der Waals surface area contributed by atoms with Crippen molar-refractivity contribution in [2.45, 2.75) is 12.5 Å². The van der Waals surface area contributed by atoms with Crippen molar-refractivity contribution in [2.24, 2.45) is 0 Å². The number of benzene rings is 1. The topological polar surface area (TPSA) is 75.9 Å². The number of thioether (sulfide) groups is 1. The van der Waals surface area contributed by atoms with E-state index in [1.807, 2.05) is 16.7 Å². The maximum absolute atomic E-state index is 13.1. The number of nitrogens with zero attached hydrogens (tertiary/aromatic N) is 3. The molecule has 0 saturated carbocycles. The lowest BCUT2D eigenvalue weighted by Gasteiger charge is -2.35. The molecule has 142 valence electrons. The minimum Gasteiger partial charge on any atom is -0.379 e. The molecule has 1 atom stereocenters. The van der Waals surface area contributed by atoms with Crippen LogP contribution in [0.5, 0.6) is 0 Å². The van der Waals surface area contributed by atoms with Gasteiger partial charge >= 0.3 is 0 Å². The fourth-order valence-corrected chi connectivity index (χ4v) is 4.52. The van der Waals surface area contributed by atoms with E-state index in [4.69, 9.17) is 16.3 Å². The van der Waals surface area contributed by atoms with Crippen LogP contribution in [-0.4, -0.2) is 77.6 Å². The van der Waals surface area contributed by atoms with Crippen LogP contribution >= 0.6 is 23.4 Å². The molecule has 2 aliphatic rings. The molecule has 0 spiro atoms. The number of morpholine rings is 1. The van der Waals surface area contributed by atoms with Crippen LogP contribution in [0.25, 0.3) is 0 Å². The number of ether oxygens (including phenoxy) is 1.